The first kappa shape index (κ1) is 21.6. The number of oxazole rings is 1. The van der Waals surface area contributed by atoms with Gasteiger partial charge in [-0.15, -0.1) is 6.58 Å². The second-order valence-electron chi connectivity index (χ2n) is 6.70. The SMILES string of the molecule is C=CCNc1oc(-c2ccc(OC)c(OC)c2)nc1S(=O)(=O)c1ccc2c(c1)OCCO2. The van der Waals surface area contributed by atoms with Gasteiger partial charge in [-0.05, 0) is 30.3 Å². The summed E-state index contributed by atoms with van der Waals surface area (Å²) in [7, 11) is -1.01. The molecule has 1 aliphatic rings. The maximum Gasteiger partial charge on any atom is 0.234 e. The van der Waals surface area contributed by atoms with Crippen molar-refractivity contribution >= 4 is 15.7 Å². The molecule has 32 heavy (non-hydrogen) atoms. The van der Waals surface area contributed by atoms with E-state index in [1.807, 2.05) is 0 Å². The number of anilines is 1. The summed E-state index contributed by atoms with van der Waals surface area (Å²) < 4.78 is 54.3. The van der Waals surface area contributed by atoms with Crippen molar-refractivity contribution in [1.29, 1.82) is 0 Å². The third-order valence-corrected chi connectivity index (χ3v) is 6.37. The maximum absolute atomic E-state index is 13.4. The van der Waals surface area contributed by atoms with Crippen LogP contribution in [0.15, 0.2) is 63.4 Å². The van der Waals surface area contributed by atoms with Crippen LogP contribution in [-0.2, 0) is 9.84 Å². The number of ether oxygens (including phenoxy) is 4. The number of hydrogen-bond donors (Lipinski definition) is 1. The first-order chi connectivity index (χ1) is 15.5. The summed E-state index contributed by atoms with van der Waals surface area (Å²) in [6.07, 6.45) is 1.58. The zero-order chi connectivity index (χ0) is 22.7. The quantitative estimate of drug-likeness (QED) is 0.507. The van der Waals surface area contributed by atoms with Crippen LogP contribution >= 0.6 is 0 Å². The summed E-state index contributed by atoms with van der Waals surface area (Å²) in [5, 5.41) is 2.65. The Morgan fingerprint density at radius 3 is 2.53 bits per heavy atom. The predicted molar refractivity (Wildman–Crippen MR) is 117 cm³/mol. The third-order valence-electron chi connectivity index (χ3n) is 4.71. The van der Waals surface area contributed by atoms with E-state index in [-0.39, 0.29) is 28.2 Å². The molecule has 0 atom stereocenters. The van der Waals surface area contributed by atoms with Gasteiger partial charge in [0.1, 0.15) is 13.2 Å². The zero-order valence-electron chi connectivity index (χ0n) is 17.6. The van der Waals surface area contributed by atoms with Crippen LogP contribution in [0.3, 0.4) is 0 Å². The molecule has 1 N–H and O–H groups in total. The molecule has 2 aromatic carbocycles. The van der Waals surface area contributed by atoms with E-state index in [4.69, 9.17) is 23.4 Å². The molecular formula is C22H22N2O7S. The van der Waals surface area contributed by atoms with Gasteiger partial charge in [0.15, 0.2) is 23.0 Å². The van der Waals surface area contributed by atoms with Gasteiger partial charge in [-0.1, -0.05) is 6.08 Å². The van der Waals surface area contributed by atoms with Crippen molar-refractivity contribution in [3.8, 4) is 34.5 Å². The lowest BCUT2D eigenvalue weighted by Gasteiger charge is -2.18. The van der Waals surface area contributed by atoms with Gasteiger partial charge in [0.05, 0.1) is 19.1 Å². The van der Waals surface area contributed by atoms with Crippen molar-refractivity contribution in [2.75, 3.05) is 39.3 Å². The molecule has 0 bridgehead atoms. The van der Waals surface area contributed by atoms with Crippen molar-refractivity contribution in [3.63, 3.8) is 0 Å². The minimum Gasteiger partial charge on any atom is -0.493 e. The van der Waals surface area contributed by atoms with E-state index in [0.717, 1.165) is 0 Å². The van der Waals surface area contributed by atoms with Gasteiger partial charge >= 0.3 is 0 Å². The summed E-state index contributed by atoms with van der Waals surface area (Å²) >= 11 is 0. The molecule has 0 fully saturated rings. The van der Waals surface area contributed by atoms with Crippen molar-refractivity contribution in [3.05, 3.63) is 49.1 Å². The first-order valence-corrected chi connectivity index (χ1v) is 11.2. The molecule has 0 radical (unpaired) electrons. The van der Waals surface area contributed by atoms with Gasteiger partial charge in [-0.2, -0.15) is 4.98 Å². The number of nitrogens with one attached hydrogen (secondary N) is 1. The molecule has 4 rings (SSSR count). The highest BCUT2D eigenvalue weighted by Gasteiger charge is 2.30. The summed E-state index contributed by atoms with van der Waals surface area (Å²) in [6.45, 7) is 4.68. The van der Waals surface area contributed by atoms with Gasteiger partial charge in [-0.25, -0.2) is 8.42 Å². The van der Waals surface area contributed by atoms with Crippen LogP contribution in [0.4, 0.5) is 5.88 Å². The number of fused-ring (bicyclic) bond motifs is 1. The molecule has 0 saturated carbocycles. The molecule has 0 unspecified atom stereocenters. The van der Waals surface area contributed by atoms with E-state index in [2.05, 4.69) is 16.9 Å². The number of hydrogen-bond acceptors (Lipinski definition) is 9. The Bertz CT molecular complexity index is 1250. The lowest BCUT2D eigenvalue weighted by Crippen LogP contribution is -2.16. The van der Waals surface area contributed by atoms with Gasteiger partial charge in [0.25, 0.3) is 0 Å². The predicted octanol–water partition coefficient (Wildman–Crippen LogP) is 3.56. The van der Waals surface area contributed by atoms with Crippen LogP contribution in [0.2, 0.25) is 0 Å². The molecule has 10 heteroatoms. The third kappa shape index (κ3) is 3.96. The minimum absolute atomic E-state index is 0.00424. The number of benzene rings is 2. The molecule has 0 aliphatic carbocycles. The summed E-state index contributed by atoms with van der Waals surface area (Å²) in [4.78, 5) is 4.31. The molecule has 9 nitrogen and oxygen atoms in total. The second-order valence-corrected chi connectivity index (χ2v) is 8.57. The van der Waals surface area contributed by atoms with Crippen LogP contribution in [0.5, 0.6) is 23.0 Å². The summed E-state index contributed by atoms with van der Waals surface area (Å²) in [6, 6.07) is 9.47. The number of sulfone groups is 1. The van der Waals surface area contributed by atoms with E-state index in [9.17, 15) is 8.42 Å². The van der Waals surface area contributed by atoms with Gasteiger partial charge < -0.3 is 28.7 Å². The molecule has 0 amide bonds. The maximum atomic E-state index is 13.4. The molecular weight excluding hydrogens is 436 g/mol. The Labute approximate surface area is 185 Å². The van der Waals surface area contributed by atoms with E-state index in [0.29, 0.717) is 41.8 Å². The summed E-state index contributed by atoms with van der Waals surface area (Å²) in [5.41, 5.74) is 0.521. The lowest BCUT2D eigenvalue weighted by molar-refractivity contribution is 0.171. The largest absolute Gasteiger partial charge is 0.493 e. The highest BCUT2D eigenvalue weighted by Crippen LogP contribution is 2.38. The highest BCUT2D eigenvalue weighted by molar-refractivity contribution is 7.91. The van der Waals surface area contributed by atoms with Gasteiger partial charge in [-0.3, -0.25) is 0 Å². The molecule has 0 saturated heterocycles. The Hall–Kier alpha value is -3.66. The Morgan fingerprint density at radius 1 is 1.06 bits per heavy atom. The number of aromatic nitrogens is 1. The van der Waals surface area contributed by atoms with E-state index in [1.54, 1.807) is 30.3 Å². The van der Waals surface area contributed by atoms with Gasteiger partial charge in [0.2, 0.25) is 26.6 Å². The average molecular weight is 458 g/mol. The van der Waals surface area contributed by atoms with E-state index < -0.39 is 9.84 Å². The van der Waals surface area contributed by atoms with Gasteiger partial charge in [0, 0.05) is 18.2 Å². The molecule has 3 aromatic rings. The zero-order valence-corrected chi connectivity index (χ0v) is 18.4. The molecule has 2 heterocycles. The molecule has 168 valence electrons. The fraction of sp³-hybridized carbons (Fsp3) is 0.227. The fourth-order valence-electron chi connectivity index (χ4n) is 3.16. The van der Waals surface area contributed by atoms with Crippen LogP contribution in [0.1, 0.15) is 0 Å². The smallest absolute Gasteiger partial charge is 0.234 e. The Morgan fingerprint density at radius 2 is 1.81 bits per heavy atom. The van der Waals surface area contributed by atoms with Crippen molar-refractivity contribution in [1.82, 2.24) is 4.98 Å². The fourth-order valence-corrected chi connectivity index (χ4v) is 4.45. The van der Waals surface area contributed by atoms with Crippen molar-refractivity contribution in [2.45, 2.75) is 9.92 Å². The standard InChI is InChI=1S/C22H22N2O7S/c1-4-9-23-21-22(24-20(31-21)14-5-7-16(27-2)18(12-14)28-3)32(25,26)15-6-8-17-19(13-15)30-11-10-29-17/h4-8,12-13,23H,1,9-11H2,2-3H3. The topological polar surface area (TPSA) is 109 Å². The molecule has 1 aliphatic heterocycles. The van der Waals surface area contributed by atoms with E-state index in [1.165, 1.54) is 26.4 Å². The highest BCUT2D eigenvalue weighted by atomic mass is 32.2. The number of methoxy groups -OCH3 is 2. The van der Waals surface area contributed by atoms with Crippen LogP contribution < -0.4 is 24.3 Å². The van der Waals surface area contributed by atoms with Crippen LogP contribution in [0, 0.1) is 0 Å². The van der Waals surface area contributed by atoms with E-state index >= 15 is 0 Å². The second kappa shape index (κ2) is 8.83. The monoisotopic (exact) mass is 458 g/mol. The lowest BCUT2D eigenvalue weighted by atomic mass is 10.2. The molecule has 0 spiro atoms. The normalized spacial score (nSPS) is 12.8. The minimum atomic E-state index is -4.04. The van der Waals surface area contributed by atoms with Crippen molar-refractivity contribution in [2.24, 2.45) is 0 Å². The Balaban J connectivity index is 1.79. The van der Waals surface area contributed by atoms with Crippen LogP contribution in [0.25, 0.3) is 11.5 Å². The van der Waals surface area contributed by atoms with Crippen molar-refractivity contribution < 1.29 is 31.8 Å². The number of rotatable bonds is 8. The summed E-state index contributed by atoms with van der Waals surface area (Å²) in [5.74, 6) is 1.95. The van der Waals surface area contributed by atoms with Crippen LogP contribution in [-0.4, -0.2) is 47.4 Å². The first-order valence-electron chi connectivity index (χ1n) is 9.70. The Kier molecular flexibility index (Phi) is 5.95. The number of nitrogens with zero attached hydrogens (tertiary/aromatic N) is 1. The molecule has 1 aromatic heterocycles. The average Bonchev–Trinajstić information content (AvgIpc) is 3.27.